The molecule has 1 N–H and O–H groups in total. The third kappa shape index (κ3) is 4.23. The number of benzene rings is 1. The standard InChI is InChI=1S/C17H18N4O4/c22-15(23)12-25-14-4-1-3-13(11-14)16(24)20-7-9-21(10-8-20)17-18-5-2-6-19-17/h1-6,11H,7-10,12H2,(H,22,23). The van der Waals surface area contributed by atoms with Crippen LogP contribution < -0.4 is 9.64 Å². The molecule has 0 unspecified atom stereocenters. The summed E-state index contributed by atoms with van der Waals surface area (Å²) in [6.07, 6.45) is 3.39. The van der Waals surface area contributed by atoms with Crippen LogP contribution in [0.1, 0.15) is 10.4 Å². The van der Waals surface area contributed by atoms with Crippen LogP contribution in [0, 0.1) is 0 Å². The second-order valence-electron chi connectivity index (χ2n) is 5.54. The number of rotatable bonds is 5. The number of carbonyl (C=O) groups is 2. The van der Waals surface area contributed by atoms with Crippen LogP contribution in [0.2, 0.25) is 0 Å². The van der Waals surface area contributed by atoms with Gasteiger partial charge in [-0.1, -0.05) is 6.07 Å². The van der Waals surface area contributed by atoms with Crippen molar-refractivity contribution in [2.24, 2.45) is 0 Å². The number of carboxylic acid groups (broad SMARTS) is 1. The number of piperazine rings is 1. The van der Waals surface area contributed by atoms with Gasteiger partial charge in [-0.05, 0) is 24.3 Å². The fraction of sp³-hybridized carbons (Fsp3) is 0.294. The molecular weight excluding hydrogens is 324 g/mol. The number of nitrogens with zero attached hydrogens (tertiary/aromatic N) is 4. The number of aromatic nitrogens is 2. The third-order valence-corrected chi connectivity index (χ3v) is 3.85. The SMILES string of the molecule is O=C(O)COc1cccc(C(=O)N2CCN(c3ncccn3)CC2)c1. The smallest absolute Gasteiger partial charge is 0.341 e. The summed E-state index contributed by atoms with van der Waals surface area (Å²) in [5, 5.41) is 8.66. The first-order valence-corrected chi connectivity index (χ1v) is 7.89. The van der Waals surface area contributed by atoms with Crippen LogP contribution in [0.5, 0.6) is 5.75 Å². The van der Waals surface area contributed by atoms with E-state index in [-0.39, 0.29) is 5.91 Å². The lowest BCUT2D eigenvalue weighted by atomic mass is 10.1. The lowest BCUT2D eigenvalue weighted by Crippen LogP contribution is -2.49. The van der Waals surface area contributed by atoms with Gasteiger partial charge in [0.2, 0.25) is 5.95 Å². The molecule has 1 saturated heterocycles. The zero-order valence-corrected chi connectivity index (χ0v) is 13.5. The van der Waals surface area contributed by atoms with E-state index in [0.717, 1.165) is 0 Å². The first-order chi connectivity index (χ1) is 12.1. The molecule has 8 nitrogen and oxygen atoms in total. The zero-order chi connectivity index (χ0) is 17.6. The van der Waals surface area contributed by atoms with Gasteiger partial charge in [0.25, 0.3) is 5.91 Å². The van der Waals surface area contributed by atoms with Crippen LogP contribution in [-0.2, 0) is 4.79 Å². The number of ether oxygens (including phenoxy) is 1. The number of aliphatic carboxylic acids is 1. The molecule has 1 aliphatic rings. The quantitative estimate of drug-likeness (QED) is 0.862. The van der Waals surface area contributed by atoms with Gasteiger partial charge in [0.15, 0.2) is 6.61 Å². The summed E-state index contributed by atoms with van der Waals surface area (Å²) in [5.74, 6) is -0.131. The molecule has 25 heavy (non-hydrogen) atoms. The predicted molar refractivity (Wildman–Crippen MR) is 89.7 cm³/mol. The Hall–Kier alpha value is -3.16. The minimum absolute atomic E-state index is 0.102. The molecule has 0 spiro atoms. The molecule has 3 rings (SSSR count). The van der Waals surface area contributed by atoms with Crippen molar-refractivity contribution in [2.75, 3.05) is 37.7 Å². The van der Waals surface area contributed by atoms with Gasteiger partial charge in [-0.3, -0.25) is 4.79 Å². The highest BCUT2D eigenvalue weighted by atomic mass is 16.5. The van der Waals surface area contributed by atoms with Crippen LogP contribution >= 0.6 is 0 Å². The van der Waals surface area contributed by atoms with Crippen LogP contribution in [0.25, 0.3) is 0 Å². The van der Waals surface area contributed by atoms with E-state index in [9.17, 15) is 9.59 Å². The Kier molecular flexibility index (Phi) is 5.08. The van der Waals surface area contributed by atoms with E-state index < -0.39 is 12.6 Å². The van der Waals surface area contributed by atoms with Crippen molar-refractivity contribution in [2.45, 2.75) is 0 Å². The van der Waals surface area contributed by atoms with Crippen molar-refractivity contribution >= 4 is 17.8 Å². The predicted octanol–water partition coefficient (Wildman–Crippen LogP) is 0.902. The molecule has 1 aromatic carbocycles. The normalized spacial score (nSPS) is 14.2. The minimum Gasteiger partial charge on any atom is -0.482 e. The van der Waals surface area contributed by atoms with Crippen molar-refractivity contribution in [3.05, 3.63) is 48.3 Å². The molecule has 0 saturated carbocycles. The average molecular weight is 342 g/mol. The van der Waals surface area contributed by atoms with Gasteiger partial charge in [0.05, 0.1) is 0 Å². The van der Waals surface area contributed by atoms with Gasteiger partial charge in [0.1, 0.15) is 5.75 Å². The molecule has 2 aromatic rings. The molecule has 0 bridgehead atoms. The first-order valence-electron chi connectivity index (χ1n) is 7.89. The molecule has 0 aliphatic carbocycles. The molecule has 1 amide bonds. The summed E-state index contributed by atoms with van der Waals surface area (Å²) in [4.78, 5) is 35.5. The van der Waals surface area contributed by atoms with Gasteiger partial charge < -0.3 is 19.6 Å². The van der Waals surface area contributed by atoms with E-state index in [1.807, 2.05) is 4.90 Å². The molecule has 1 aromatic heterocycles. The molecule has 0 radical (unpaired) electrons. The van der Waals surface area contributed by atoms with Crippen molar-refractivity contribution in [3.8, 4) is 5.75 Å². The Balaban J connectivity index is 1.61. The Morgan fingerprint density at radius 1 is 1.08 bits per heavy atom. The summed E-state index contributed by atoms with van der Waals surface area (Å²) in [6.45, 7) is 2.01. The Morgan fingerprint density at radius 3 is 2.48 bits per heavy atom. The average Bonchev–Trinajstić information content (AvgIpc) is 2.67. The van der Waals surface area contributed by atoms with Crippen molar-refractivity contribution < 1.29 is 19.4 Å². The summed E-state index contributed by atoms with van der Waals surface area (Å²) >= 11 is 0. The Labute approximate surface area is 144 Å². The minimum atomic E-state index is -1.06. The highest BCUT2D eigenvalue weighted by Crippen LogP contribution is 2.17. The van der Waals surface area contributed by atoms with Gasteiger partial charge in [-0.2, -0.15) is 0 Å². The monoisotopic (exact) mass is 342 g/mol. The van der Waals surface area contributed by atoms with Gasteiger partial charge >= 0.3 is 5.97 Å². The number of anilines is 1. The summed E-state index contributed by atoms with van der Waals surface area (Å²) < 4.78 is 5.13. The van der Waals surface area contributed by atoms with Crippen molar-refractivity contribution in [1.29, 1.82) is 0 Å². The number of carbonyl (C=O) groups excluding carboxylic acids is 1. The Morgan fingerprint density at radius 2 is 1.80 bits per heavy atom. The van der Waals surface area contributed by atoms with Gasteiger partial charge in [-0.25, -0.2) is 14.8 Å². The molecule has 130 valence electrons. The number of amides is 1. The summed E-state index contributed by atoms with van der Waals surface area (Å²) in [7, 11) is 0. The van der Waals surface area contributed by atoms with E-state index in [1.54, 1.807) is 47.6 Å². The second kappa shape index (κ2) is 7.61. The molecule has 1 fully saturated rings. The van der Waals surface area contributed by atoms with Crippen molar-refractivity contribution in [3.63, 3.8) is 0 Å². The maximum absolute atomic E-state index is 12.6. The van der Waals surface area contributed by atoms with Gasteiger partial charge in [0, 0.05) is 44.1 Å². The largest absolute Gasteiger partial charge is 0.482 e. The fourth-order valence-electron chi connectivity index (χ4n) is 2.61. The third-order valence-electron chi connectivity index (χ3n) is 3.85. The zero-order valence-electron chi connectivity index (χ0n) is 13.5. The molecule has 8 heteroatoms. The first kappa shape index (κ1) is 16.7. The highest BCUT2D eigenvalue weighted by molar-refractivity contribution is 5.94. The molecule has 1 aliphatic heterocycles. The lowest BCUT2D eigenvalue weighted by molar-refractivity contribution is -0.139. The highest BCUT2D eigenvalue weighted by Gasteiger charge is 2.23. The maximum Gasteiger partial charge on any atom is 0.341 e. The van der Waals surface area contributed by atoms with E-state index in [1.165, 1.54) is 0 Å². The number of carboxylic acids is 1. The summed E-state index contributed by atoms with van der Waals surface area (Å²) in [6, 6.07) is 8.34. The van der Waals surface area contributed by atoms with E-state index in [2.05, 4.69) is 9.97 Å². The van der Waals surface area contributed by atoms with E-state index in [4.69, 9.17) is 9.84 Å². The summed E-state index contributed by atoms with van der Waals surface area (Å²) in [5.41, 5.74) is 0.479. The topological polar surface area (TPSA) is 95.9 Å². The van der Waals surface area contributed by atoms with Crippen LogP contribution in [0.15, 0.2) is 42.7 Å². The number of hydrogen-bond acceptors (Lipinski definition) is 6. The van der Waals surface area contributed by atoms with Crippen molar-refractivity contribution in [1.82, 2.24) is 14.9 Å². The number of hydrogen-bond donors (Lipinski definition) is 1. The van der Waals surface area contributed by atoms with Crippen LogP contribution in [-0.4, -0.2) is 64.6 Å². The maximum atomic E-state index is 12.6. The second-order valence-corrected chi connectivity index (χ2v) is 5.54. The van der Waals surface area contributed by atoms with Gasteiger partial charge in [-0.15, -0.1) is 0 Å². The van der Waals surface area contributed by atoms with Crippen LogP contribution in [0.3, 0.4) is 0 Å². The van der Waals surface area contributed by atoms with E-state index in [0.29, 0.717) is 43.4 Å². The Bertz CT molecular complexity index is 745. The molecule has 0 atom stereocenters. The van der Waals surface area contributed by atoms with Crippen LogP contribution in [0.4, 0.5) is 5.95 Å². The molecular formula is C17H18N4O4. The molecule has 2 heterocycles. The lowest BCUT2D eigenvalue weighted by Gasteiger charge is -2.34. The fourth-order valence-corrected chi connectivity index (χ4v) is 2.61. The van der Waals surface area contributed by atoms with E-state index >= 15 is 0 Å².